The van der Waals surface area contributed by atoms with E-state index in [9.17, 15) is 4.79 Å². The summed E-state index contributed by atoms with van der Waals surface area (Å²) in [6.45, 7) is 10.00. The van der Waals surface area contributed by atoms with Crippen LogP contribution in [0.5, 0.6) is 0 Å². The maximum Gasteiger partial charge on any atom is 0.496 e. The van der Waals surface area contributed by atoms with Crippen LogP contribution in [0, 0.1) is 0 Å². The van der Waals surface area contributed by atoms with Gasteiger partial charge in [0.2, 0.25) is 0 Å². The van der Waals surface area contributed by atoms with Crippen molar-refractivity contribution in [2.24, 2.45) is 0 Å². The lowest BCUT2D eigenvalue weighted by Crippen LogP contribution is -2.41. The third kappa shape index (κ3) is 2.67. The molecule has 1 aromatic carbocycles. The third-order valence-electron chi connectivity index (χ3n) is 5.10. The molecule has 2 heterocycles. The Hall–Kier alpha value is -1.37. The standard InChI is InChI=1S/C18H23BO4S/c1-11(16(20)21-6)15-14(12-9-7-8-10-13(12)24-15)19-22-17(2,3)18(4,5)23-19/h7-11H,1-6H3. The fourth-order valence-corrected chi connectivity index (χ4v) is 4.15. The second kappa shape index (κ2) is 5.86. The first-order valence-electron chi connectivity index (χ1n) is 8.13. The van der Waals surface area contributed by atoms with Crippen molar-refractivity contribution in [2.45, 2.75) is 51.7 Å². The molecular formula is C18H23BO4S. The van der Waals surface area contributed by atoms with Crippen molar-refractivity contribution in [2.75, 3.05) is 7.11 Å². The highest BCUT2D eigenvalue weighted by atomic mass is 32.1. The fraction of sp³-hybridized carbons (Fsp3) is 0.500. The number of thiophene rings is 1. The zero-order chi connectivity index (χ0) is 17.7. The Morgan fingerprint density at radius 2 is 1.75 bits per heavy atom. The van der Waals surface area contributed by atoms with E-state index in [0.29, 0.717) is 0 Å². The predicted octanol–water partition coefficient (Wildman–Crippen LogP) is 3.48. The Morgan fingerprint density at radius 3 is 2.33 bits per heavy atom. The van der Waals surface area contributed by atoms with Gasteiger partial charge in [-0.3, -0.25) is 4.79 Å². The van der Waals surface area contributed by atoms with Crippen LogP contribution in [0.1, 0.15) is 45.4 Å². The van der Waals surface area contributed by atoms with Gasteiger partial charge in [0.05, 0.1) is 24.2 Å². The summed E-state index contributed by atoms with van der Waals surface area (Å²) in [6, 6.07) is 8.11. The van der Waals surface area contributed by atoms with E-state index in [1.54, 1.807) is 11.3 Å². The molecule has 1 unspecified atom stereocenters. The summed E-state index contributed by atoms with van der Waals surface area (Å²) in [5, 5.41) is 1.08. The van der Waals surface area contributed by atoms with Crippen LogP contribution in [-0.4, -0.2) is 31.4 Å². The molecule has 1 aliphatic heterocycles. The summed E-state index contributed by atoms with van der Waals surface area (Å²) in [5.74, 6) is -0.610. The number of carbonyl (C=O) groups excluding carboxylic acids is 1. The highest BCUT2D eigenvalue weighted by Gasteiger charge is 2.53. The molecule has 0 spiro atoms. The topological polar surface area (TPSA) is 44.8 Å². The number of ether oxygens (including phenoxy) is 1. The molecule has 0 aliphatic carbocycles. The molecule has 1 aliphatic rings. The second-order valence-corrected chi connectivity index (χ2v) is 8.29. The van der Waals surface area contributed by atoms with Crippen LogP contribution in [0.2, 0.25) is 0 Å². The maximum atomic E-state index is 12.1. The summed E-state index contributed by atoms with van der Waals surface area (Å²) < 4.78 is 18.6. The maximum absolute atomic E-state index is 12.1. The van der Waals surface area contributed by atoms with Gasteiger partial charge in [-0.2, -0.15) is 0 Å². The SMILES string of the molecule is COC(=O)C(C)c1sc2ccccc2c1B1OC(C)(C)C(C)(C)O1. The van der Waals surface area contributed by atoms with Gasteiger partial charge in [0.15, 0.2) is 0 Å². The first-order valence-corrected chi connectivity index (χ1v) is 8.94. The van der Waals surface area contributed by atoms with Crippen molar-refractivity contribution in [3.8, 4) is 0 Å². The van der Waals surface area contributed by atoms with Gasteiger partial charge in [-0.1, -0.05) is 18.2 Å². The van der Waals surface area contributed by atoms with Crippen molar-refractivity contribution in [1.29, 1.82) is 0 Å². The van der Waals surface area contributed by atoms with Gasteiger partial charge in [-0.05, 0) is 46.1 Å². The number of hydrogen-bond acceptors (Lipinski definition) is 5. The number of fused-ring (bicyclic) bond motifs is 1. The molecule has 1 atom stereocenters. The minimum Gasteiger partial charge on any atom is -0.469 e. The van der Waals surface area contributed by atoms with Gasteiger partial charge in [0, 0.05) is 15.0 Å². The van der Waals surface area contributed by atoms with E-state index >= 15 is 0 Å². The van der Waals surface area contributed by atoms with Crippen LogP contribution in [0.4, 0.5) is 0 Å². The zero-order valence-corrected chi connectivity index (χ0v) is 15.8. The first-order chi connectivity index (χ1) is 11.2. The number of hydrogen-bond donors (Lipinski definition) is 0. The van der Waals surface area contributed by atoms with Crippen molar-refractivity contribution in [3.05, 3.63) is 29.1 Å². The molecule has 0 bridgehead atoms. The lowest BCUT2D eigenvalue weighted by Gasteiger charge is -2.32. The van der Waals surface area contributed by atoms with Crippen LogP contribution in [0.3, 0.4) is 0 Å². The Labute approximate surface area is 147 Å². The molecule has 0 N–H and O–H groups in total. The van der Waals surface area contributed by atoms with Gasteiger partial charge in [-0.25, -0.2) is 0 Å². The van der Waals surface area contributed by atoms with E-state index in [-0.39, 0.29) is 11.9 Å². The molecule has 1 fully saturated rings. The fourth-order valence-electron chi connectivity index (χ4n) is 2.89. The number of benzene rings is 1. The minimum absolute atomic E-state index is 0.251. The Balaban J connectivity index is 2.14. The minimum atomic E-state index is -0.492. The van der Waals surface area contributed by atoms with Gasteiger partial charge in [0.25, 0.3) is 0 Å². The van der Waals surface area contributed by atoms with E-state index < -0.39 is 18.3 Å². The van der Waals surface area contributed by atoms with Crippen LogP contribution in [0.25, 0.3) is 10.1 Å². The van der Waals surface area contributed by atoms with E-state index in [1.807, 2.05) is 46.8 Å². The molecule has 0 saturated carbocycles. The first kappa shape index (κ1) is 17.5. The molecule has 3 rings (SSSR count). The van der Waals surface area contributed by atoms with Gasteiger partial charge >= 0.3 is 13.1 Å². The smallest absolute Gasteiger partial charge is 0.469 e. The van der Waals surface area contributed by atoms with Crippen molar-refractivity contribution < 1.29 is 18.8 Å². The molecule has 1 aromatic heterocycles. The molecule has 0 radical (unpaired) electrons. The summed E-state index contributed by atoms with van der Waals surface area (Å²) >= 11 is 1.60. The number of methoxy groups -OCH3 is 1. The average Bonchev–Trinajstić information content (AvgIpc) is 3.00. The summed E-state index contributed by atoms with van der Waals surface area (Å²) in [5.41, 5.74) is 0.103. The van der Waals surface area contributed by atoms with Gasteiger partial charge < -0.3 is 14.0 Å². The highest BCUT2D eigenvalue weighted by Crippen LogP contribution is 2.39. The van der Waals surface area contributed by atoms with Crippen molar-refractivity contribution in [3.63, 3.8) is 0 Å². The molecule has 2 aromatic rings. The predicted molar refractivity (Wildman–Crippen MR) is 98.0 cm³/mol. The lowest BCUT2D eigenvalue weighted by molar-refractivity contribution is -0.141. The van der Waals surface area contributed by atoms with E-state index in [1.165, 1.54) is 7.11 Å². The lowest BCUT2D eigenvalue weighted by atomic mass is 9.75. The van der Waals surface area contributed by atoms with Crippen LogP contribution in [-0.2, 0) is 18.8 Å². The molecule has 24 heavy (non-hydrogen) atoms. The number of esters is 1. The Kier molecular flexibility index (Phi) is 4.27. The van der Waals surface area contributed by atoms with Crippen LogP contribution in [0.15, 0.2) is 24.3 Å². The number of rotatable bonds is 3. The van der Waals surface area contributed by atoms with E-state index in [4.69, 9.17) is 14.0 Å². The van der Waals surface area contributed by atoms with E-state index in [0.717, 1.165) is 20.4 Å². The van der Waals surface area contributed by atoms with Crippen molar-refractivity contribution >= 4 is 40.0 Å². The molecule has 4 nitrogen and oxygen atoms in total. The summed E-state index contributed by atoms with van der Waals surface area (Å²) in [4.78, 5) is 13.1. The summed E-state index contributed by atoms with van der Waals surface area (Å²) in [7, 11) is 0.925. The zero-order valence-electron chi connectivity index (χ0n) is 15.0. The highest BCUT2D eigenvalue weighted by molar-refractivity contribution is 7.21. The van der Waals surface area contributed by atoms with E-state index in [2.05, 4.69) is 12.1 Å². The molecular weight excluding hydrogens is 323 g/mol. The monoisotopic (exact) mass is 346 g/mol. The molecule has 0 amide bonds. The summed E-state index contributed by atoms with van der Waals surface area (Å²) in [6.07, 6.45) is 0. The third-order valence-corrected chi connectivity index (χ3v) is 6.47. The van der Waals surface area contributed by atoms with Crippen LogP contribution < -0.4 is 5.46 Å². The quantitative estimate of drug-likeness (QED) is 0.631. The number of carbonyl (C=O) groups is 1. The Bertz CT molecular complexity index is 764. The molecule has 128 valence electrons. The molecule has 1 saturated heterocycles. The van der Waals surface area contributed by atoms with Crippen molar-refractivity contribution in [1.82, 2.24) is 0 Å². The average molecular weight is 346 g/mol. The second-order valence-electron chi connectivity index (χ2n) is 7.21. The normalized spacial score (nSPS) is 20.3. The molecule has 6 heteroatoms. The van der Waals surface area contributed by atoms with Crippen LogP contribution >= 0.6 is 11.3 Å². The van der Waals surface area contributed by atoms with Gasteiger partial charge in [-0.15, -0.1) is 11.3 Å². The van der Waals surface area contributed by atoms with Gasteiger partial charge in [0.1, 0.15) is 0 Å². The Morgan fingerprint density at radius 1 is 1.17 bits per heavy atom. The largest absolute Gasteiger partial charge is 0.496 e.